The molecule has 3 atom stereocenters. The third-order valence-electron chi connectivity index (χ3n) is 3.54. The van der Waals surface area contributed by atoms with Gasteiger partial charge in [0.1, 0.15) is 0 Å². The first-order valence-corrected chi connectivity index (χ1v) is 7.50. The molecule has 1 heterocycles. The van der Waals surface area contributed by atoms with Crippen LogP contribution in [-0.2, 0) is 20.3 Å². The van der Waals surface area contributed by atoms with Gasteiger partial charge in [-0.3, -0.25) is 4.21 Å². The molecule has 1 aliphatic heterocycles. The highest BCUT2D eigenvalue weighted by Crippen LogP contribution is 2.38. The molecule has 0 amide bonds. The van der Waals surface area contributed by atoms with Crippen molar-refractivity contribution >= 4 is 10.8 Å². The molecular formula is C12H23NO3S. The van der Waals surface area contributed by atoms with Gasteiger partial charge < -0.3 is 15.2 Å². The molecule has 0 aromatic rings. The van der Waals surface area contributed by atoms with Crippen LogP contribution in [0.3, 0.4) is 0 Å². The monoisotopic (exact) mass is 261 g/mol. The lowest BCUT2D eigenvalue weighted by atomic mass is 9.90. The fraction of sp³-hybridized carbons (Fsp3) is 1.00. The second-order valence-electron chi connectivity index (χ2n) is 5.96. The van der Waals surface area contributed by atoms with Gasteiger partial charge in [-0.1, -0.05) is 0 Å². The van der Waals surface area contributed by atoms with Crippen LogP contribution in [0.1, 0.15) is 40.0 Å². The summed E-state index contributed by atoms with van der Waals surface area (Å²) in [6, 6.07) is -0.00603. The van der Waals surface area contributed by atoms with Crippen LogP contribution in [0, 0.1) is 0 Å². The lowest BCUT2D eigenvalue weighted by Crippen LogP contribution is -2.53. The molecule has 0 bridgehead atoms. The summed E-state index contributed by atoms with van der Waals surface area (Å²) >= 11 is 0. The first-order valence-electron chi connectivity index (χ1n) is 6.28. The van der Waals surface area contributed by atoms with E-state index >= 15 is 0 Å². The zero-order valence-electron chi connectivity index (χ0n) is 10.9. The van der Waals surface area contributed by atoms with Crippen molar-refractivity contribution < 1.29 is 13.7 Å². The average molecular weight is 261 g/mol. The summed E-state index contributed by atoms with van der Waals surface area (Å²) in [5.74, 6) is -0.499. The van der Waals surface area contributed by atoms with Crippen molar-refractivity contribution in [3.8, 4) is 0 Å². The standard InChI is InChI=1S/C12H23NO3S/c1-11(2,3)17(14)10-8-12(5-4-9(10)13)15-6-7-16-12/h9-10H,4-8,13H2,1-3H3. The Morgan fingerprint density at radius 3 is 2.41 bits per heavy atom. The first-order chi connectivity index (χ1) is 7.84. The van der Waals surface area contributed by atoms with Crippen molar-refractivity contribution in [2.45, 2.75) is 61.9 Å². The van der Waals surface area contributed by atoms with Crippen molar-refractivity contribution in [3.05, 3.63) is 0 Å². The van der Waals surface area contributed by atoms with Gasteiger partial charge in [0, 0.05) is 34.4 Å². The molecule has 1 aliphatic carbocycles. The smallest absolute Gasteiger partial charge is 0.169 e. The van der Waals surface area contributed by atoms with E-state index in [1.807, 2.05) is 20.8 Å². The van der Waals surface area contributed by atoms with Gasteiger partial charge in [0.15, 0.2) is 5.79 Å². The van der Waals surface area contributed by atoms with Crippen LogP contribution in [0.4, 0.5) is 0 Å². The predicted octanol–water partition coefficient (Wildman–Crippen LogP) is 1.16. The maximum atomic E-state index is 12.5. The van der Waals surface area contributed by atoms with E-state index in [2.05, 4.69) is 0 Å². The topological polar surface area (TPSA) is 61.6 Å². The molecular weight excluding hydrogens is 238 g/mol. The maximum absolute atomic E-state index is 12.5. The Bertz CT molecular complexity index is 307. The quantitative estimate of drug-likeness (QED) is 0.769. The molecule has 2 rings (SSSR count). The molecule has 1 spiro atoms. The van der Waals surface area contributed by atoms with E-state index in [-0.39, 0.29) is 16.0 Å². The first kappa shape index (κ1) is 13.5. The van der Waals surface area contributed by atoms with E-state index in [0.29, 0.717) is 19.6 Å². The van der Waals surface area contributed by atoms with Crippen LogP contribution in [0.25, 0.3) is 0 Å². The summed E-state index contributed by atoms with van der Waals surface area (Å²) < 4.78 is 23.7. The normalized spacial score (nSPS) is 35.1. The highest BCUT2D eigenvalue weighted by molar-refractivity contribution is 7.87. The molecule has 100 valence electrons. The second kappa shape index (κ2) is 4.61. The summed E-state index contributed by atoms with van der Waals surface area (Å²) in [6.07, 6.45) is 2.32. The lowest BCUT2D eigenvalue weighted by molar-refractivity contribution is -0.177. The van der Waals surface area contributed by atoms with Crippen LogP contribution in [-0.4, -0.2) is 39.2 Å². The van der Waals surface area contributed by atoms with E-state index in [1.165, 1.54) is 0 Å². The zero-order valence-corrected chi connectivity index (χ0v) is 11.7. The Kier molecular flexibility index (Phi) is 3.65. The van der Waals surface area contributed by atoms with Crippen LogP contribution in [0.15, 0.2) is 0 Å². The molecule has 17 heavy (non-hydrogen) atoms. The number of hydrogen-bond donors (Lipinski definition) is 1. The lowest BCUT2D eigenvalue weighted by Gasteiger charge is -2.41. The van der Waals surface area contributed by atoms with Gasteiger partial charge in [-0.05, 0) is 27.2 Å². The Labute approximate surface area is 106 Å². The van der Waals surface area contributed by atoms with Crippen molar-refractivity contribution in [3.63, 3.8) is 0 Å². The van der Waals surface area contributed by atoms with Gasteiger partial charge >= 0.3 is 0 Å². The van der Waals surface area contributed by atoms with Crippen LogP contribution in [0.5, 0.6) is 0 Å². The number of nitrogens with two attached hydrogens (primary N) is 1. The molecule has 3 unspecified atom stereocenters. The summed E-state index contributed by atoms with van der Waals surface area (Å²) in [6.45, 7) is 7.27. The van der Waals surface area contributed by atoms with E-state index in [4.69, 9.17) is 15.2 Å². The van der Waals surface area contributed by atoms with Gasteiger partial charge in [0.25, 0.3) is 0 Å². The molecule has 4 nitrogen and oxygen atoms in total. The SMILES string of the molecule is CC(C)(C)S(=O)C1CC2(CCC1N)OCCO2. The molecule has 0 aromatic heterocycles. The molecule has 2 fully saturated rings. The molecule has 2 N–H and O–H groups in total. The van der Waals surface area contributed by atoms with Crippen molar-refractivity contribution in [1.29, 1.82) is 0 Å². The largest absolute Gasteiger partial charge is 0.347 e. The van der Waals surface area contributed by atoms with Gasteiger partial charge in [0.2, 0.25) is 0 Å². The van der Waals surface area contributed by atoms with Crippen LogP contribution < -0.4 is 5.73 Å². The van der Waals surface area contributed by atoms with Crippen molar-refractivity contribution in [2.75, 3.05) is 13.2 Å². The molecule has 2 aliphatic rings. The van der Waals surface area contributed by atoms with Crippen molar-refractivity contribution in [1.82, 2.24) is 0 Å². The number of rotatable bonds is 1. The summed E-state index contributed by atoms with van der Waals surface area (Å²) in [5, 5.41) is -0.0261. The van der Waals surface area contributed by atoms with E-state index in [9.17, 15) is 4.21 Å². The molecule has 1 saturated heterocycles. The summed E-state index contributed by atoms with van der Waals surface area (Å²) in [5.41, 5.74) is 6.12. The number of hydrogen-bond acceptors (Lipinski definition) is 4. The second-order valence-corrected chi connectivity index (χ2v) is 8.39. The Hall–Kier alpha value is 0.0300. The van der Waals surface area contributed by atoms with Gasteiger partial charge in [-0.15, -0.1) is 0 Å². The molecule has 1 saturated carbocycles. The summed E-state index contributed by atoms with van der Waals surface area (Å²) in [4.78, 5) is 0. The third kappa shape index (κ3) is 2.72. The average Bonchev–Trinajstić information content (AvgIpc) is 2.68. The van der Waals surface area contributed by atoms with E-state index < -0.39 is 16.6 Å². The Balaban J connectivity index is 2.12. The summed E-state index contributed by atoms with van der Waals surface area (Å²) in [7, 11) is -0.961. The van der Waals surface area contributed by atoms with Crippen LogP contribution >= 0.6 is 0 Å². The fourth-order valence-electron chi connectivity index (χ4n) is 2.58. The third-order valence-corrected chi connectivity index (χ3v) is 5.81. The fourth-order valence-corrected chi connectivity index (χ4v) is 4.35. The minimum Gasteiger partial charge on any atom is -0.347 e. The molecule has 5 heteroatoms. The zero-order chi connectivity index (χ0) is 12.7. The van der Waals surface area contributed by atoms with E-state index in [0.717, 1.165) is 12.8 Å². The van der Waals surface area contributed by atoms with E-state index in [1.54, 1.807) is 0 Å². The van der Waals surface area contributed by atoms with Crippen LogP contribution in [0.2, 0.25) is 0 Å². The van der Waals surface area contributed by atoms with Gasteiger partial charge in [-0.2, -0.15) is 0 Å². The van der Waals surface area contributed by atoms with Gasteiger partial charge in [0.05, 0.1) is 18.5 Å². The highest BCUT2D eigenvalue weighted by atomic mass is 32.2. The molecule has 0 radical (unpaired) electrons. The van der Waals surface area contributed by atoms with Gasteiger partial charge in [-0.25, -0.2) is 0 Å². The Morgan fingerprint density at radius 2 is 1.88 bits per heavy atom. The minimum atomic E-state index is -0.961. The maximum Gasteiger partial charge on any atom is 0.169 e. The molecule has 0 aromatic carbocycles. The minimum absolute atomic E-state index is 0.00603. The predicted molar refractivity (Wildman–Crippen MR) is 68.1 cm³/mol. The Morgan fingerprint density at radius 1 is 1.29 bits per heavy atom. The highest BCUT2D eigenvalue weighted by Gasteiger charge is 2.47. The van der Waals surface area contributed by atoms with Crippen molar-refractivity contribution in [2.24, 2.45) is 5.73 Å². The number of ether oxygens (including phenoxy) is 2.